The summed E-state index contributed by atoms with van der Waals surface area (Å²) in [6, 6.07) is 68.9. The van der Waals surface area contributed by atoms with Crippen molar-refractivity contribution in [3.8, 4) is 5.69 Å². The van der Waals surface area contributed by atoms with Gasteiger partial charge in [-0.1, -0.05) is 103 Å². The lowest BCUT2D eigenvalue weighted by Crippen LogP contribution is -2.10. The molecule has 0 bridgehead atoms. The zero-order valence-corrected chi connectivity index (χ0v) is 32.4. The summed E-state index contributed by atoms with van der Waals surface area (Å²) in [7, 11) is 0. The van der Waals surface area contributed by atoms with Crippen LogP contribution in [-0.4, -0.2) is 8.97 Å². The van der Waals surface area contributed by atoms with Crippen LogP contribution >= 0.6 is 11.3 Å². The lowest BCUT2D eigenvalue weighted by Gasteiger charge is -2.26. The summed E-state index contributed by atoms with van der Waals surface area (Å²) in [5.74, 6) is 0. The molecule has 0 spiro atoms. The summed E-state index contributed by atoms with van der Waals surface area (Å²) in [4.78, 5) is 2.40. The molecule has 0 unspecified atom stereocenters. The van der Waals surface area contributed by atoms with Crippen LogP contribution in [0.5, 0.6) is 0 Å². The lowest BCUT2D eigenvalue weighted by molar-refractivity contribution is 0.669. The van der Waals surface area contributed by atoms with Crippen molar-refractivity contribution in [3.63, 3.8) is 0 Å². The Hall–Kier alpha value is -7.60. The minimum Gasteiger partial charge on any atom is -0.456 e. The third-order valence-electron chi connectivity index (χ3n) is 12.6. The molecule has 4 nitrogen and oxygen atoms in total. The van der Waals surface area contributed by atoms with E-state index in [1.165, 1.54) is 80.1 Å². The van der Waals surface area contributed by atoms with Crippen LogP contribution in [0.25, 0.3) is 108 Å². The Bertz CT molecular complexity index is 4050. The highest BCUT2D eigenvalue weighted by atomic mass is 32.1. The van der Waals surface area contributed by atoms with Crippen molar-refractivity contribution < 1.29 is 4.42 Å². The molecule has 0 saturated heterocycles. The van der Waals surface area contributed by atoms with Crippen LogP contribution in [0.15, 0.2) is 192 Å². The van der Waals surface area contributed by atoms with Gasteiger partial charge in [-0.15, -0.1) is 11.3 Å². The van der Waals surface area contributed by atoms with Crippen molar-refractivity contribution in [2.75, 3.05) is 4.90 Å². The minimum atomic E-state index is 0.885. The molecular formula is C54H31N3OS. The van der Waals surface area contributed by atoms with E-state index in [1.807, 2.05) is 23.5 Å². The molecule has 59 heavy (non-hydrogen) atoms. The fraction of sp³-hybridized carbons (Fsp3) is 0. The zero-order valence-electron chi connectivity index (χ0n) is 31.6. The molecular weight excluding hydrogens is 739 g/mol. The van der Waals surface area contributed by atoms with E-state index in [4.69, 9.17) is 4.42 Å². The van der Waals surface area contributed by atoms with Crippen LogP contribution in [0, 0.1) is 0 Å². The molecule has 0 aliphatic heterocycles. The van der Waals surface area contributed by atoms with E-state index in [2.05, 4.69) is 190 Å². The Morgan fingerprint density at radius 2 is 0.983 bits per heavy atom. The number of benzene rings is 9. The van der Waals surface area contributed by atoms with Crippen LogP contribution in [0.3, 0.4) is 0 Å². The van der Waals surface area contributed by atoms with Gasteiger partial charge in [0.05, 0.1) is 27.6 Å². The maximum atomic E-state index is 6.31. The van der Waals surface area contributed by atoms with Gasteiger partial charge in [0, 0.05) is 80.6 Å². The van der Waals surface area contributed by atoms with E-state index in [1.54, 1.807) is 0 Å². The molecule has 0 saturated carbocycles. The summed E-state index contributed by atoms with van der Waals surface area (Å²) in [6.07, 6.45) is 0. The highest BCUT2D eigenvalue weighted by Gasteiger charge is 2.23. The Morgan fingerprint density at radius 1 is 0.373 bits per heavy atom. The summed E-state index contributed by atoms with van der Waals surface area (Å²) >= 11 is 1.85. The van der Waals surface area contributed by atoms with Gasteiger partial charge < -0.3 is 18.3 Å². The quantitative estimate of drug-likeness (QED) is 0.178. The fourth-order valence-corrected chi connectivity index (χ4v) is 11.3. The number of aromatic nitrogens is 2. The predicted molar refractivity (Wildman–Crippen MR) is 250 cm³/mol. The molecule has 5 heterocycles. The van der Waals surface area contributed by atoms with Crippen molar-refractivity contribution in [1.82, 2.24) is 8.97 Å². The number of para-hydroxylation sites is 3. The molecule has 274 valence electrons. The zero-order chi connectivity index (χ0) is 38.3. The monoisotopic (exact) mass is 769 g/mol. The number of hydrogen-bond acceptors (Lipinski definition) is 3. The Kier molecular flexibility index (Phi) is 6.14. The molecule has 0 atom stereocenters. The third kappa shape index (κ3) is 4.21. The average molecular weight is 770 g/mol. The molecule has 14 rings (SSSR count). The number of nitrogens with zero attached hydrogens (tertiary/aromatic N) is 3. The van der Waals surface area contributed by atoms with Crippen molar-refractivity contribution in [1.29, 1.82) is 0 Å². The van der Waals surface area contributed by atoms with Crippen molar-refractivity contribution in [3.05, 3.63) is 188 Å². The number of fused-ring (bicyclic) bond motifs is 11. The molecule has 0 aliphatic rings. The highest BCUT2D eigenvalue weighted by molar-refractivity contribution is 7.25. The van der Waals surface area contributed by atoms with E-state index in [0.29, 0.717) is 0 Å². The van der Waals surface area contributed by atoms with Crippen molar-refractivity contribution in [2.45, 2.75) is 0 Å². The van der Waals surface area contributed by atoms with Gasteiger partial charge in [-0.2, -0.15) is 0 Å². The second-order valence-corrected chi connectivity index (χ2v) is 16.8. The Balaban J connectivity index is 1.05. The molecule has 0 N–H and O–H groups in total. The topological polar surface area (TPSA) is 25.7 Å². The second kappa shape index (κ2) is 11.5. The highest BCUT2D eigenvalue weighted by Crippen LogP contribution is 2.46. The maximum Gasteiger partial charge on any atom is 0.135 e. The van der Waals surface area contributed by atoms with E-state index in [0.717, 1.165) is 44.7 Å². The van der Waals surface area contributed by atoms with E-state index in [9.17, 15) is 0 Å². The van der Waals surface area contributed by atoms with Gasteiger partial charge >= 0.3 is 0 Å². The van der Waals surface area contributed by atoms with Crippen molar-refractivity contribution >= 4 is 130 Å². The normalized spacial score (nSPS) is 12.4. The van der Waals surface area contributed by atoms with Gasteiger partial charge in [-0.3, -0.25) is 0 Å². The maximum absolute atomic E-state index is 6.31. The van der Waals surface area contributed by atoms with Crippen LogP contribution in [-0.2, 0) is 0 Å². The number of furan rings is 1. The molecule has 5 heteroatoms. The molecule has 0 fully saturated rings. The average Bonchev–Trinajstić information content (AvgIpc) is 4.02. The number of thiophene rings is 1. The van der Waals surface area contributed by atoms with Gasteiger partial charge in [-0.05, 0) is 90.3 Å². The van der Waals surface area contributed by atoms with Gasteiger partial charge in [0.15, 0.2) is 0 Å². The van der Waals surface area contributed by atoms with Crippen LogP contribution in [0.2, 0.25) is 0 Å². The second-order valence-electron chi connectivity index (χ2n) is 15.7. The minimum absolute atomic E-state index is 0.885. The first-order valence-electron chi connectivity index (χ1n) is 20.1. The largest absolute Gasteiger partial charge is 0.456 e. The Labute approximate surface area is 340 Å². The molecule has 0 aliphatic carbocycles. The summed E-state index contributed by atoms with van der Waals surface area (Å²) in [6.45, 7) is 0. The standard InChI is InChI=1S/C54H31N3OS/c1-4-19-44-36(13-1)41-17-8-18-42-40-16-9-20-45-52(40)53-46(21-10-22-47(53)57(44)54(41)42)56(45)33-12-7-11-32(29-33)55(34-26-28-49-43(30-34)37-14-2-5-23-48(37)58-49)35-25-27-39-38-15-3-6-24-50(38)59-51(39)31-35/h1-31H. The number of rotatable bonds is 4. The Morgan fingerprint density at radius 3 is 1.92 bits per heavy atom. The van der Waals surface area contributed by atoms with E-state index >= 15 is 0 Å². The van der Waals surface area contributed by atoms with Crippen LogP contribution < -0.4 is 4.90 Å². The molecule has 0 radical (unpaired) electrons. The SMILES string of the molecule is c1cc(N(c2ccc3c(c2)sc2ccccc23)c2ccc3oc4ccccc4c3c2)cc(-n2c3cccc4c5cccc6c7ccccc7n(c7cccc2c7c43)c56)c1. The van der Waals surface area contributed by atoms with Crippen molar-refractivity contribution in [2.24, 2.45) is 0 Å². The number of hydrogen-bond donors (Lipinski definition) is 0. The van der Waals surface area contributed by atoms with E-state index in [-0.39, 0.29) is 0 Å². The molecule has 9 aromatic carbocycles. The molecule has 5 aromatic heterocycles. The molecule has 0 amide bonds. The van der Waals surface area contributed by atoms with E-state index < -0.39 is 0 Å². The van der Waals surface area contributed by atoms with Gasteiger partial charge in [0.1, 0.15) is 11.2 Å². The number of anilines is 3. The molecule has 14 aromatic rings. The van der Waals surface area contributed by atoms with Gasteiger partial charge in [0.2, 0.25) is 0 Å². The fourth-order valence-electron chi connectivity index (χ4n) is 10.2. The predicted octanol–water partition coefficient (Wildman–Crippen LogP) is 15.7. The first-order chi connectivity index (χ1) is 29.3. The summed E-state index contributed by atoms with van der Waals surface area (Å²) < 4.78 is 13.9. The lowest BCUT2D eigenvalue weighted by atomic mass is 10.0. The summed E-state index contributed by atoms with van der Waals surface area (Å²) in [5, 5.41) is 12.4. The van der Waals surface area contributed by atoms with Gasteiger partial charge in [0.25, 0.3) is 0 Å². The summed E-state index contributed by atoms with van der Waals surface area (Å²) in [5.41, 5.74) is 12.2. The smallest absolute Gasteiger partial charge is 0.135 e. The first kappa shape index (κ1) is 31.5. The third-order valence-corrected chi connectivity index (χ3v) is 13.7. The van der Waals surface area contributed by atoms with Crippen LogP contribution in [0.4, 0.5) is 17.1 Å². The first-order valence-corrected chi connectivity index (χ1v) is 20.9. The van der Waals surface area contributed by atoms with Gasteiger partial charge in [-0.25, -0.2) is 0 Å². The van der Waals surface area contributed by atoms with Crippen LogP contribution in [0.1, 0.15) is 0 Å².